The van der Waals surface area contributed by atoms with Crippen LogP contribution >= 0.6 is 0 Å². The van der Waals surface area contributed by atoms with Crippen molar-refractivity contribution in [1.29, 1.82) is 0 Å². The van der Waals surface area contributed by atoms with E-state index in [4.69, 9.17) is 14.2 Å². The first-order valence-corrected chi connectivity index (χ1v) is 5.45. The molecule has 0 aromatic heterocycles. The summed E-state index contributed by atoms with van der Waals surface area (Å²) < 4.78 is 14.5. The highest BCUT2D eigenvalue weighted by Crippen LogP contribution is 1.91. The summed E-state index contributed by atoms with van der Waals surface area (Å²) in [5.74, 6) is 0.0748. The van der Waals surface area contributed by atoms with Gasteiger partial charge in [0.05, 0.1) is 12.3 Å². The zero-order valence-electron chi connectivity index (χ0n) is 10.8. The average Bonchev–Trinajstić information content (AvgIpc) is 2.29. The minimum absolute atomic E-state index is 0.0725. The number of hydrogen-bond donors (Lipinski definition) is 1. The zero-order chi connectivity index (χ0) is 14.0. The highest BCUT2D eigenvalue weighted by molar-refractivity contribution is 5.86. The van der Waals surface area contributed by atoms with E-state index in [-0.39, 0.29) is 26.4 Å². The number of carbonyl (C=O) groups is 2. The largest absolute Gasteiger partial charge is 0.495 e. The second kappa shape index (κ2) is 9.09. The van der Waals surface area contributed by atoms with E-state index in [1.807, 2.05) is 0 Å². The number of alkyl carbamates (subject to hydrolysis) is 1. The van der Waals surface area contributed by atoms with Crippen LogP contribution < -0.4 is 5.32 Å². The first-order chi connectivity index (χ1) is 8.43. The minimum atomic E-state index is -0.591. The second-order valence-electron chi connectivity index (χ2n) is 3.53. The van der Waals surface area contributed by atoms with Crippen LogP contribution in [0.15, 0.2) is 24.5 Å². The van der Waals surface area contributed by atoms with Crippen molar-refractivity contribution in [3.63, 3.8) is 0 Å². The maximum atomic E-state index is 11.1. The van der Waals surface area contributed by atoms with Crippen LogP contribution in [0, 0.1) is 0 Å². The summed E-state index contributed by atoms with van der Waals surface area (Å²) >= 11 is 0. The van der Waals surface area contributed by atoms with Gasteiger partial charge in [-0.15, -0.1) is 0 Å². The van der Waals surface area contributed by atoms with E-state index in [0.29, 0.717) is 11.3 Å². The Morgan fingerprint density at radius 1 is 1.00 bits per heavy atom. The van der Waals surface area contributed by atoms with E-state index in [0.717, 1.165) is 0 Å². The normalized spacial score (nSPS) is 9.22. The van der Waals surface area contributed by atoms with E-state index in [1.54, 1.807) is 13.8 Å². The third-order valence-electron chi connectivity index (χ3n) is 1.62. The molecule has 1 amide bonds. The molecule has 0 aromatic carbocycles. The summed E-state index contributed by atoms with van der Waals surface area (Å²) in [7, 11) is 0. The summed E-state index contributed by atoms with van der Waals surface area (Å²) in [6, 6.07) is 0. The van der Waals surface area contributed by atoms with Crippen molar-refractivity contribution in [2.45, 2.75) is 13.8 Å². The summed E-state index contributed by atoms with van der Waals surface area (Å²) in [5.41, 5.74) is 0.314. The molecule has 0 unspecified atom stereocenters. The van der Waals surface area contributed by atoms with Crippen LogP contribution in [0.25, 0.3) is 0 Å². The molecule has 6 heteroatoms. The van der Waals surface area contributed by atoms with Crippen LogP contribution in [0.1, 0.15) is 13.8 Å². The summed E-state index contributed by atoms with van der Waals surface area (Å²) in [6.07, 6.45) is -0.591. The van der Waals surface area contributed by atoms with Crippen LogP contribution in [0.3, 0.4) is 0 Å². The molecule has 0 heterocycles. The van der Waals surface area contributed by atoms with Gasteiger partial charge in [-0.1, -0.05) is 13.2 Å². The van der Waals surface area contributed by atoms with E-state index in [9.17, 15) is 9.59 Å². The van der Waals surface area contributed by atoms with E-state index in [1.165, 1.54) is 0 Å². The van der Waals surface area contributed by atoms with Gasteiger partial charge in [-0.3, -0.25) is 0 Å². The molecule has 0 saturated heterocycles. The second-order valence-corrected chi connectivity index (χ2v) is 3.53. The Labute approximate surface area is 107 Å². The average molecular weight is 257 g/mol. The van der Waals surface area contributed by atoms with E-state index < -0.39 is 12.1 Å². The van der Waals surface area contributed by atoms with Crippen LogP contribution in [-0.4, -0.2) is 38.4 Å². The molecule has 0 rings (SSSR count). The van der Waals surface area contributed by atoms with Crippen LogP contribution in [0.5, 0.6) is 0 Å². The number of rotatable bonds is 8. The van der Waals surface area contributed by atoms with Gasteiger partial charge in [0.25, 0.3) is 0 Å². The van der Waals surface area contributed by atoms with Crippen molar-refractivity contribution in [3.8, 4) is 0 Å². The van der Waals surface area contributed by atoms with Gasteiger partial charge in [0.1, 0.15) is 19.8 Å². The molecule has 1 N–H and O–H groups in total. The first kappa shape index (κ1) is 16.0. The summed E-state index contributed by atoms with van der Waals surface area (Å²) in [5, 5.41) is 2.42. The fourth-order valence-electron chi connectivity index (χ4n) is 0.821. The van der Waals surface area contributed by atoms with Gasteiger partial charge in [-0.25, -0.2) is 9.59 Å². The number of nitrogens with one attached hydrogen (secondary N) is 1. The lowest BCUT2D eigenvalue weighted by atomic mass is 10.4. The van der Waals surface area contributed by atoms with Gasteiger partial charge in [-0.2, -0.15) is 0 Å². The predicted octanol–water partition coefficient (Wildman–Crippen LogP) is 1.38. The lowest BCUT2D eigenvalue weighted by Gasteiger charge is -2.08. The minimum Gasteiger partial charge on any atom is -0.495 e. The molecule has 0 spiro atoms. The highest BCUT2D eigenvalue weighted by Gasteiger charge is 2.04. The number of allylic oxidation sites excluding steroid dienone is 1. The Hall–Kier alpha value is -1.98. The number of hydrogen-bond acceptors (Lipinski definition) is 5. The fourth-order valence-corrected chi connectivity index (χ4v) is 0.821. The summed E-state index contributed by atoms with van der Waals surface area (Å²) in [6.45, 7) is 10.8. The monoisotopic (exact) mass is 257 g/mol. The number of esters is 1. The van der Waals surface area contributed by atoms with E-state index in [2.05, 4.69) is 18.5 Å². The molecule has 0 atom stereocenters. The molecule has 0 bridgehead atoms. The van der Waals surface area contributed by atoms with Crippen molar-refractivity contribution in [1.82, 2.24) is 5.32 Å². The van der Waals surface area contributed by atoms with E-state index >= 15 is 0 Å². The third-order valence-corrected chi connectivity index (χ3v) is 1.62. The Balaban J connectivity index is 3.45. The SMILES string of the molecule is C=C(C)OCCOC(=O)NCCOC(=O)C(=C)C. The van der Waals surface area contributed by atoms with Gasteiger partial charge >= 0.3 is 12.1 Å². The molecule has 0 radical (unpaired) electrons. The Morgan fingerprint density at radius 3 is 2.17 bits per heavy atom. The quantitative estimate of drug-likeness (QED) is 0.308. The maximum absolute atomic E-state index is 11.1. The number of amides is 1. The van der Waals surface area contributed by atoms with Crippen molar-refractivity contribution in [2.75, 3.05) is 26.4 Å². The van der Waals surface area contributed by atoms with Crippen molar-refractivity contribution < 1.29 is 23.8 Å². The molecular weight excluding hydrogens is 238 g/mol. The van der Waals surface area contributed by atoms with Crippen molar-refractivity contribution in [2.24, 2.45) is 0 Å². The zero-order valence-corrected chi connectivity index (χ0v) is 10.8. The fraction of sp³-hybridized carbons (Fsp3) is 0.500. The molecule has 0 aromatic rings. The molecule has 0 saturated carbocycles. The van der Waals surface area contributed by atoms with Gasteiger partial charge < -0.3 is 19.5 Å². The lowest BCUT2D eigenvalue weighted by molar-refractivity contribution is -0.138. The Bertz CT molecular complexity index is 324. The highest BCUT2D eigenvalue weighted by atomic mass is 16.6. The smallest absolute Gasteiger partial charge is 0.407 e. The van der Waals surface area contributed by atoms with Crippen molar-refractivity contribution >= 4 is 12.1 Å². The van der Waals surface area contributed by atoms with Gasteiger partial charge in [-0.05, 0) is 13.8 Å². The van der Waals surface area contributed by atoms with Crippen LogP contribution in [-0.2, 0) is 19.0 Å². The topological polar surface area (TPSA) is 73.9 Å². The van der Waals surface area contributed by atoms with Gasteiger partial charge in [0.15, 0.2) is 0 Å². The van der Waals surface area contributed by atoms with Gasteiger partial charge in [0, 0.05) is 5.57 Å². The molecule has 0 aliphatic carbocycles. The molecule has 102 valence electrons. The Kier molecular flexibility index (Phi) is 8.09. The van der Waals surface area contributed by atoms with Crippen LogP contribution in [0.4, 0.5) is 4.79 Å². The number of ether oxygens (including phenoxy) is 3. The molecular formula is C12H19NO5. The molecule has 0 aliphatic heterocycles. The molecule has 18 heavy (non-hydrogen) atoms. The van der Waals surface area contributed by atoms with Crippen LogP contribution in [0.2, 0.25) is 0 Å². The molecule has 0 aliphatic rings. The Morgan fingerprint density at radius 2 is 1.61 bits per heavy atom. The molecule has 6 nitrogen and oxygen atoms in total. The third kappa shape index (κ3) is 9.26. The number of carbonyl (C=O) groups excluding carboxylic acids is 2. The standard InChI is InChI=1S/C12H19NO5/c1-9(2)11(14)17-6-5-13-12(15)18-8-7-16-10(3)4/h1,3,5-8H2,2,4H3,(H,13,15). The predicted molar refractivity (Wildman–Crippen MR) is 65.9 cm³/mol. The maximum Gasteiger partial charge on any atom is 0.407 e. The van der Waals surface area contributed by atoms with Crippen molar-refractivity contribution in [3.05, 3.63) is 24.5 Å². The first-order valence-electron chi connectivity index (χ1n) is 5.45. The molecule has 0 fully saturated rings. The summed E-state index contributed by atoms with van der Waals surface area (Å²) in [4.78, 5) is 22.1. The van der Waals surface area contributed by atoms with Gasteiger partial charge in [0.2, 0.25) is 0 Å². The lowest BCUT2D eigenvalue weighted by Crippen LogP contribution is -2.29.